The van der Waals surface area contributed by atoms with Crippen LogP contribution in [0.5, 0.6) is 0 Å². The van der Waals surface area contributed by atoms with Gasteiger partial charge in [-0.25, -0.2) is 0 Å². The highest BCUT2D eigenvalue weighted by Gasteiger charge is 2.19. The summed E-state index contributed by atoms with van der Waals surface area (Å²) in [5, 5.41) is 3.50. The average molecular weight is 240 g/mol. The summed E-state index contributed by atoms with van der Waals surface area (Å²) in [5.41, 5.74) is 0. The van der Waals surface area contributed by atoms with Gasteiger partial charge in [0.25, 0.3) is 0 Å². The molecule has 0 radical (unpaired) electrons. The van der Waals surface area contributed by atoms with Crippen LogP contribution in [-0.4, -0.2) is 37.1 Å². The summed E-state index contributed by atoms with van der Waals surface area (Å²) >= 11 is 0. The molecule has 0 aromatic rings. The van der Waals surface area contributed by atoms with Gasteiger partial charge in [-0.3, -0.25) is 4.90 Å². The Morgan fingerprint density at radius 1 is 1.00 bits per heavy atom. The first kappa shape index (κ1) is 15.0. The molecule has 1 unspecified atom stereocenters. The van der Waals surface area contributed by atoms with Crippen molar-refractivity contribution in [2.45, 2.75) is 71.3 Å². The predicted octanol–water partition coefficient (Wildman–Crippen LogP) is 3.42. The first-order valence-corrected chi connectivity index (χ1v) is 7.83. The number of hydrogen-bond acceptors (Lipinski definition) is 2. The fraction of sp³-hybridized carbons (Fsp3) is 1.00. The zero-order valence-electron chi connectivity index (χ0n) is 12.0. The van der Waals surface area contributed by atoms with Gasteiger partial charge in [0.05, 0.1) is 0 Å². The molecule has 0 amide bonds. The smallest absolute Gasteiger partial charge is 0.0218 e. The van der Waals surface area contributed by atoms with Crippen LogP contribution in [0.3, 0.4) is 0 Å². The van der Waals surface area contributed by atoms with Crippen molar-refractivity contribution in [3.63, 3.8) is 0 Å². The van der Waals surface area contributed by atoms with Crippen LogP contribution in [0.1, 0.15) is 65.2 Å². The van der Waals surface area contributed by atoms with Gasteiger partial charge in [-0.2, -0.15) is 0 Å². The van der Waals surface area contributed by atoms with Crippen LogP contribution in [0, 0.1) is 0 Å². The van der Waals surface area contributed by atoms with Crippen molar-refractivity contribution in [2.75, 3.05) is 26.2 Å². The standard InChI is InChI=1S/C15H32N2/c1-3-5-6-7-8-9-10-12-17-13-11-16-14-15(17)4-2/h15-16H,3-14H2,1-2H3. The van der Waals surface area contributed by atoms with Crippen molar-refractivity contribution in [3.8, 4) is 0 Å². The van der Waals surface area contributed by atoms with E-state index in [-0.39, 0.29) is 0 Å². The Bertz CT molecular complexity index is 170. The highest BCUT2D eigenvalue weighted by molar-refractivity contribution is 4.78. The van der Waals surface area contributed by atoms with Gasteiger partial charge in [0.1, 0.15) is 0 Å². The first-order chi connectivity index (χ1) is 8.38. The van der Waals surface area contributed by atoms with E-state index in [9.17, 15) is 0 Å². The molecule has 1 fully saturated rings. The van der Waals surface area contributed by atoms with Gasteiger partial charge in [0.15, 0.2) is 0 Å². The monoisotopic (exact) mass is 240 g/mol. The van der Waals surface area contributed by atoms with Gasteiger partial charge in [0.2, 0.25) is 0 Å². The molecule has 1 N–H and O–H groups in total. The van der Waals surface area contributed by atoms with Crippen molar-refractivity contribution < 1.29 is 0 Å². The Kier molecular flexibility index (Phi) is 8.72. The lowest BCUT2D eigenvalue weighted by atomic mass is 10.1. The molecule has 2 nitrogen and oxygen atoms in total. The highest BCUT2D eigenvalue weighted by atomic mass is 15.2. The van der Waals surface area contributed by atoms with Crippen LogP contribution in [0.15, 0.2) is 0 Å². The normalized spacial score (nSPS) is 21.9. The van der Waals surface area contributed by atoms with E-state index in [0.29, 0.717) is 0 Å². The molecule has 0 spiro atoms. The lowest BCUT2D eigenvalue weighted by Crippen LogP contribution is -2.51. The van der Waals surface area contributed by atoms with E-state index < -0.39 is 0 Å². The summed E-state index contributed by atoms with van der Waals surface area (Å²) in [6.45, 7) is 9.58. The molecule has 1 rings (SSSR count). The first-order valence-electron chi connectivity index (χ1n) is 7.83. The predicted molar refractivity (Wildman–Crippen MR) is 76.5 cm³/mol. The molecule has 1 saturated heterocycles. The molecule has 0 saturated carbocycles. The summed E-state index contributed by atoms with van der Waals surface area (Å²) in [6, 6.07) is 0.795. The largest absolute Gasteiger partial charge is 0.314 e. The number of nitrogens with one attached hydrogen (secondary N) is 1. The van der Waals surface area contributed by atoms with E-state index in [1.165, 1.54) is 77.5 Å². The van der Waals surface area contributed by atoms with Crippen LogP contribution in [0.25, 0.3) is 0 Å². The minimum absolute atomic E-state index is 0.795. The van der Waals surface area contributed by atoms with Gasteiger partial charge >= 0.3 is 0 Å². The molecule has 1 aliphatic heterocycles. The van der Waals surface area contributed by atoms with Gasteiger partial charge in [-0.05, 0) is 19.4 Å². The second kappa shape index (κ2) is 9.90. The minimum Gasteiger partial charge on any atom is -0.314 e. The Balaban J connectivity index is 1.97. The van der Waals surface area contributed by atoms with Gasteiger partial charge < -0.3 is 5.32 Å². The lowest BCUT2D eigenvalue weighted by molar-refractivity contribution is 0.154. The molecule has 0 aromatic carbocycles. The minimum atomic E-state index is 0.795. The van der Waals surface area contributed by atoms with Gasteiger partial charge in [-0.15, -0.1) is 0 Å². The van der Waals surface area contributed by atoms with E-state index in [1.54, 1.807) is 0 Å². The van der Waals surface area contributed by atoms with Crippen molar-refractivity contribution in [1.29, 1.82) is 0 Å². The van der Waals surface area contributed by atoms with Crippen molar-refractivity contribution in [2.24, 2.45) is 0 Å². The number of nitrogens with zero attached hydrogens (tertiary/aromatic N) is 1. The second-order valence-electron chi connectivity index (χ2n) is 5.42. The average Bonchev–Trinajstić information content (AvgIpc) is 2.38. The topological polar surface area (TPSA) is 15.3 Å². The second-order valence-corrected chi connectivity index (χ2v) is 5.42. The number of rotatable bonds is 9. The maximum atomic E-state index is 3.50. The summed E-state index contributed by atoms with van der Waals surface area (Å²) in [6.07, 6.45) is 11.3. The molecular weight excluding hydrogens is 208 g/mol. The fourth-order valence-electron chi connectivity index (χ4n) is 2.77. The van der Waals surface area contributed by atoms with E-state index in [4.69, 9.17) is 0 Å². The number of hydrogen-bond donors (Lipinski definition) is 1. The van der Waals surface area contributed by atoms with E-state index >= 15 is 0 Å². The zero-order chi connectivity index (χ0) is 12.3. The molecule has 0 aromatic heterocycles. The van der Waals surface area contributed by atoms with Crippen molar-refractivity contribution >= 4 is 0 Å². The Morgan fingerprint density at radius 2 is 1.71 bits per heavy atom. The van der Waals surface area contributed by atoms with E-state index in [1.807, 2.05) is 0 Å². The van der Waals surface area contributed by atoms with Crippen LogP contribution in [0.2, 0.25) is 0 Å². The Hall–Kier alpha value is -0.0800. The van der Waals surface area contributed by atoms with Crippen LogP contribution in [0.4, 0.5) is 0 Å². The van der Waals surface area contributed by atoms with Crippen LogP contribution < -0.4 is 5.32 Å². The quantitative estimate of drug-likeness (QED) is 0.621. The number of piperazine rings is 1. The Morgan fingerprint density at radius 3 is 2.41 bits per heavy atom. The zero-order valence-corrected chi connectivity index (χ0v) is 12.0. The molecule has 1 heterocycles. The maximum Gasteiger partial charge on any atom is 0.0218 e. The molecule has 2 heteroatoms. The highest BCUT2D eigenvalue weighted by Crippen LogP contribution is 2.11. The number of unbranched alkanes of at least 4 members (excludes halogenated alkanes) is 6. The molecule has 1 atom stereocenters. The van der Waals surface area contributed by atoms with Crippen molar-refractivity contribution in [3.05, 3.63) is 0 Å². The van der Waals surface area contributed by atoms with Crippen LogP contribution in [-0.2, 0) is 0 Å². The van der Waals surface area contributed by atoms with E-state index in [0.717, 1.165) is 6.04 Å². The third-order valence-electron chi connectivity index (χ3n) is 3.99. The van der Waals surface area contributed by atoms with Gasteiger partial charge in [-0.1, -0.05) is 52.4 Å². The molecule has 1 aliphatic rings. The summed E-state index contributed by atoms with van der Waals surface area (Å²) in [7, 11) is 0. The summed E-state index contributed by atoms with van der Waals surface area (Å²) in [5.74, 6) is 0. The summed E-state index contributed by atoms with van der Waals surface area (Å²) in [4.78, 5) is 2.70. The third-order valence-corrected chi connectivity index (χ3v) is 3.99. The Labute approximate surface area is 108 Å². The molecular formula is C15H32N2. The van der Waals surface area contributed by atoms with Gasteiger partial charge in [0, 0.05) is 25.7 Å². The fourth-order valence-corrected chi connectivity index (χ4v) is 2.77. The van der Waals surface area contributed by atoms with Crippen LogP contribution >= 0.6 is 0 Å². The molecule has 17 heavy (non-hydrogen) atoms. The van der Waals surface area contributed by atoms with E-state index in [2.05, 4.69) is 24.1 Å². The van der Waals surface area contributed by atoms with Crippen molar-refractivity contribution in [1.82, 2.24) is 10.2 Å². The molecule has 0 bridgehead atoms. The summed E-state index contributed by atoms with van der Waals surface area (Å²) < 4.78 is 0. The maximum absolute atomic E-state index is 3.50. The lowest BCUT2D eigenvalue weighted by Gasteiger charge is -2.35. The SMILES string of the molecule is CCCCCCCCCN1CCNCC1CC. The third kappa shape index (κ3) is 6.42. The molecule has 0 aliphatic carbocycles. The molecule has 102 valence electrons.